The molecule has 1 aromatic carbocycles. The molecule has 4 rings (SSSR count). The number of carbonyl (C=O) groups is 1. The second-order valence-electron chi connectivity index (χ2n) is 7.73. The second kappa shape index (κ2) is 8.23. The first-order chi connectivity index (χ1) is 14.0. The Bertz CT molecular complexity index is 891. The highest BCUT2D eigenvalue weighted by molar-refractivity contribution is 5.89. The number of amides is 2. The van der Waals surface area contributed by atoms with Crippen LogP contribution in [0.5, 0.6) is 0 Å². The predicted molar refractivity (Wildman–Crippen MR) is 112 cm³/mol. The van der Waals surface area contributed by atoms with Crippen molar-refractivity contribution in [3.05, 3.63) is 41.3 Å². The Morgan fingerprint density at radius 1 is 0.966 bits per heavy atom. The zero-order valence-corrected chi connectivity index (χ0v) is 17.0. The molecule has 0 atom stereocenters. The number of nitrogens with one attached hydrogen (secondary N) is 1. The van der Waals surface area contributed by atoms with Crippen LogP contribution in [0.3, 0.4) is 0 Å². The summed E-state index contributed by atoms with van der Waals surface area (Å²) in [6.45, 7) is 8.29. The van der Waals surface area contributed by atoms with Gasteiger partial charge >= 0.3 is 6.03 Å². The molecule has 0 unspecified atom stereocenters. The Hall–Kier alpha value is -2.90. The van der Waals surface area contributed by atoms with E-state index < -0.39 is 0 Å². The van der Waals surface area contributed by atoms with Crippen LogP contribution in [0.4, 0.5) is 26.6 Å². The summed E-state index contributed by atoms with van der Waals surface area (Å²) < 4.78 is 13.7. The summed E-state index contributed by atoms with van der Waals surface area (Å²) in [5.74, 6) is 1.40. The van der Waals surface area contributed by atoms with Gasteiger partial charge in [0.2, 0.25) is 5.95 Å². The van der Waals surface area contributed by atoms with Gasteiger partial charge in [-0.1, -0.05) is 6.07 Å². The number of halogens is 1. The molecule has 3 heterocycles. The minimum absolute atomic E-state index is 0.204. The minimum atomic E-state index is -0.319. The van der Waals surface area contributed by atoms with Gasteiger partial charge in [0.15, 0.2) is 0 Å². The van der Waals surface area contributed by atoms with Crippen LogP contribution < -0.4 is 15.1 Å². The molecule has 0 bridgehead atoms. The molecule has 154 valence electrons. The molecule has 2 aliphatic heterocycles. The van der Waals surface area contributed by atoms with Crippen molar-refractivity contribution in [2.45, 2.75) is 26.7 Å². The van der Waals surface area contributed by atoms with Gasteiger partial charge < -0.3 is 20.0 Å². The van der Waals surface area contributed by atoms with Crippen molar-refractivity contribution in [3.63, 3.8) is 0 Å². The molecule has 0 saturated carbocycles. The number of carbonyl (C=O) groups excluding carboxylic acids is 1. The van der Waals surface area contributed by atoms with E-state index in [4.69, 9.17) is 4.98 Å². The topological polar surface area (TPSA) is 64.6 Å². The Balaban J connectivity index is 1.37. The molecular weight excluding hydrogens is 371 g/mol. The van der Waals surface area contributed by atoms with Gasteiger partial charge in [-0.3, -0.25) is 0 Å². The standard InChI is InChI=1S/C21H27FN6O/c1-15-5-6-17(14-18(15)22)24-21(29)28-11-9-26(10-12-28)19-13-16(2)23-20(25-19)27-7-3-4-8-27/h5-6,13-14H,3-4,7-12H2,1-2H3,(H,24,29). The average Bonchev–Trinajstić information content (AvgIpc) is 3.25. The smallest absolute Gasteiger partial charge is 0.321 e. The molecule has 1 N–H and O–H groups in total. The van der Waals surface area contributed by atoms with Crippen molar-refractivity contribution in [2.75, 3.05) is 54.4 Å². The van der Waals surface area contributed by atoms with E-state index in [2.05, 4.69) is 20.1 Å². The molecule has 7 nitrogen and oxygen atoms in total. The summed E-state index contributed by atoms with van der Waals surface area (Å²) in [6.07, 6.45) is 2.37. The number of aryl methyl sites for hydroxylation is 2. The van der Waals surface area contributed by atoms with Crippen molar-refractivity contribution in [3.8, 4) is 0 Å². The number of urea groups is 1. The van der Waals surface area contributed by atoms with Crippen LogP contribution in [0, 0.1) is 19.7 Å². The molecule has 2 amide bonds. The second-order valence-corrected chi connectivity index (χ2v) is 7.73. The van der Waals surface area contributed by atoms with Crippen LogP contribution in [-0.2, 0) is 0 Å². The summed E-state index contributed by atoms with van der Waals surface area (Å²) >= 11 is 0. The molecule has 2 saturated heterocycles. The number of rotatable bonds is 3. The van der Waals surface area contributed by atoms with Crippen molar-refractivity contribution >= 4 is 23.5 Å². The van der Waals surface area contributed by atoms with Gasteiger partial charge in [0.25, 0.3) is 0 Å². The van der Waals surface area contributed by atoms with Gasteiger partial charge in [-0.05, 0) is 44.4 Å². The molecule has 2 aliphatic rings. The quantitative estimate of drug-likeness (QED) is 0.860. The lowest BCUT2D eigenvalue weighted by molar-refractivity contribution is 0.208. The highest BCUT2D eigenvalue weighted by atomic mass is 19.1. The highest BCUT2D eigenvalue weighted by Gasteiger charge is 2.24. The van der Waals surface area contributed by atoms with Gasteiger partial charge in [0, 0.05) is 56.7 Å². The summed E-state index contributed by atoms with van der Waals surface area (Å²) in [7, 11) is 0. The van der Waals surface area contributed by atoms with Gasteiger partial charge in [0.1, 0.15) is 11.6 Å². The molecule has 0 spiro atoms. The zero-order chi connectivity index (χ0) is 20.4. The Kier molecular flexibility index (Phi) is 5.51. The first-order valence-electron chi connectivity index (χ1n) is 10.2. The number of nitrogens with zero attached hydrogens (tertiary/aromatic N) is 5. The van der Waals surface area contributed by atoms with Gasteiger partial charge in [-0.15, -0.1) is 0 Å². The number of anilines is 3. The fraction of sp³-hybridized carbons (Fsp3) is 0.476. The Morgan fingerprint density at radius 2 is 1.69 bits per heavy atom. The molecule has 8 heteroatoms. The summed E-state index contributed by atoms with van der Waals surface area (Å²) in [5, 5.41) is 2.79. The fourth-order valence-electron chi connectivity index (χ4n) is 3.77. The third-order valence-electron chi connectivity index (χ3n) is 5.53. The van der Waals surface area contributed by atoms with Crippen LogP contribution in [0.2, 0.25) is 0 Å². The Labute approximate surface area is 170 Å². The van der Waals surface area contributed by atoms with Crippen LogP contribution in [0.1, 0.15) is 24.1 Å². The highest BCUT2D eigenvalue weighted by Crippen LogP contribution is 2.22. The monoisotopic (exact) mass is 398 g/mol. The average molecular weight is 398 g/mol. The normalized spacial score (nSPS) is 17.0. The van der Waals surface area contributed by atoms with E-state index in [1.807, 2.05) is 13.0 Å². The Morgan fingerprint density at radius 3 is 2.38 bits per heavy atom. The minimum Gasteiger partial charge on any atom is -0.353 e. The van der Waals surface area contributed by atoms with Crippen molar-refractivity contribution in [2.24, 2.45) is 0 Å². The van der Waals surface area contributed by atoms with E-state index >= 15 is 0 Å². The third-order valence-corrected chi connectivity index (χ3v) is 5.53. The van der Waals surface area contributed by atoms with Gasteiger partial charge in [-0.2, -0.15) is 4.98 Å². The first-order valence-corrected chi connectivity index (χ1v) is 10.2. The SMILES string of the molecule is Cc1cc(N2CCN(C(=O)Nc3ccc(C)c(F)c3)CC2)nc(N2CCCC2)n1. The summed E-state index contributed by atoms with van der Waals surface area (Å²) in [5.41, 5.74) is 1.99. The molecule has 0 aliphatic carbocycles. The molecular formula is C21H27FN6O. The molecule has 2 aromatic rings. The predicted octanol–water partition coefficient (Wildman–Crippen LogP) is 3.19. The van der Waals surface area contributed by atoms with Crippen LogP contribution >= 0.6 is 0 Å². The van der Waals surface area contributed by atoms with Gasteiger partial charge in [0.05, 0.1) is 0 Å². The third kappa shape index (κ3) is 4.41. The van der Waals surface area contributed by atoms with Crippen molar-refractivity contribution in [1.29, 1.82) is 0 Å². The number of benzene rings is 1. The zero-order valence-electron chi connectivity index (χ0n) is 17.0. The molecule has 2 fully saturated rings. The maximum atomic E-state index is 13.7. The first kappa shape index (κ1) is 19.4. The van der Waals surface area contributed by atoms with Gasteiger partial charge in [-0.25, -0.2) is 14.2 Å². The summed E-state index contributed by atoms with van der Waals surface area (Å²) in [6, 6.07) is 6.54. The van der Waals surface area contributed by atoms with E-state index in [0.717, 1.165) is 30.5 Å². The van der Waals surface area contributed by atoms with Crippen LogP contribution in [0.25, 0.3) is 0 Å². The van der Waals surface area contributed by atoms with E-state index in [1.54, 1.807) is 24.0 Å². The molecule has 0 radical (unpaired) electrons. The van der Waals surface area contributed by atoms with Crippen molar-refractivity contribution in [1.82, 2.24) is 14.9 Å². The lowest BCUT2D eigenvalue weighted by Gasteiger charge is -2.35. The lowest BCUT2D eigenvalue weighted by Crippen LogP contribution is -2.50. The largest absolute Gasteiger partial charge is 0.353 e. The number of hydrogen-bond acceptors (Lipinski definition) is 5. The number of aromatic nitrogens is 2. The van der Waals surface area contributed by atoms with E-state index in [0.29, 0.717) is 37.4 Å². The van der Waals surface area contributed by atoms with Crippen LogP contribution in [0.15, 0.2) is 24.3 Å². The molecule has 1 aromatic heterocycles. The summed E-state index contributed by atoms with van der Waals surface area (Å²) in [4.78, 5) is 28.1. The van der Waals surface area contributed by atoms with E-state index in [9.17, 15) is 9.18 Å². The fourth-order valence-corrected chi connectivity index (χ4v) is 3.77. The van der Waals surface area contributed by atoms with Crippen molar-refractivity contribution < 1.29 is 9.18 Å². The maximum absolute atomic E-state index is 13.7. The van der Waals surface area contributed by atoms with E-state index in [-0.39, 0.29) is 11.8 Å². The number of hydrogen-bond donors (Lipinski definition) is 1. The maximum Gasteiger partial charge on any atom is 0.321 e. The van der Waals surface area contributed by atoms with E-state index in [1.165, 1.54) is 18.9 Å². The number of piperazine rings is 1. The molecule has 29 heavy (non-hydrogen) atoms. The van der Waals surface area contributed by atoms with Crippen LogP contribution in [-0.4, -0.2) is 60.2 Å². The lowest BCUT2D eigenvalue weighted by atomic mass is 10.2.